The molecule has 2 aliphatic rings. The minimum atomic E-state index is -0.650. The fourth-order valence-corrected chi connectivity index (χ4v) is 8.71. The molecule has 19 heteroatoms. The Bertz CT molecular complexity index is 3170. The van der Waals surface area contributed by atoms with Crippen molar-refractivity contribution in [1.29, 1.82) is 0 Å². The van der Waals surface area contributed by atoms with Gasteiger partial charge < -0.3 is 14.8 Å². The van der Waals surface area contributed by atoms with Crippen LogP contribution in [0.15, 0.2) is 94.5 Å². The van der Waals surface area contributed by atoms with E-state index in [0.29, 0.717) is 46.8 Å². The van der Waals surface area contributed by atoms with Crippen LogP contribution in [0.25, 0.3) is 33.2 Å². The van der Waals surface area contributed by atoms with Crippen molar-refractivity contribution in [3.63, 3.8) is 0 Å². The van der Waals surface area contributed by atoms with E-state index in [4.69, 9.17) is 19.4 Å². The van der Waals surface area contributed by atoms with Gasteiger partial charge in [-0.25, -0.2) is 23.1 Å². The minimum absolute atomic E-state index is 0.0254. The molecule has 0 radical (unpaired) electrons. The molecule has 4 heterocycles. The SMILES string of the molecule is COc1ccc(-n2c(C3CCCN3Cc3ccc(F)cc3)nc3c(C)cc([N+](=O)[O-])cc3c2=O)cc1F.COc1ccc(-n2c([C@H]3CCCN3)nc3c(C)cc([N+](=O)[O-])cc3c2=O)cc1F. The fourth-order valence-electron chi connectivity index (χ4n) is 8.71. The molecule has 2 fully saturated rings. The van der Waals surface area contributed by atoms with Crippen LogP contribution in [0.5, 0.6) is 11.5 Å². The lowest BCUT2D eigenvalue weighted by Crippen LogP contribution is -2.31. The smallest absolute Gasteiger partial charge is 0.270 e. The van der Waals surface area contributed by atoms with Crippen molar-refractivity contribution < 1.29 is 32.5 Å². The molecule has 7 aromatic rings. The van der Waals surface area contributed by atoms with E-state index < -0.39 is 32.6 Å². The third kappa shape index (κ3) is 8.69. The van der Waals surface area contributed by atoms with Crippen LogP contribution in [0.1, 0.15) is 66.1 Å². The molecule has 0 saturated carbocycles. The highest BCUT2D eigenvalue weighted by Crippen LogP contribution is 2.35. The van der Waals surface area contributed by atoms with Gasteiger partial charge in [0.1, 0.15) is 17.5 Å². The molecule has 0 aliphatic carbocycles. The fraction of sp³-hybridized carbons (Fsp3) is 0.277. The summed E-state index contributed by atoms with van der Waals surface area (Å²) in [6.45, 7) is 5.38. The third-order valence-electron chi connectivity index (χ3n) is 11.9. The van der Waals surface area contributed by atoms with Gasteiger partial charge in [0.25, 0.3) is 22.5 Å². The number of likely N-dealkylation sites (tertiary alicyclic amines) is 1. The van der Waals surface area contributed by atoms with Crippen LogP contribution in [0.3, 0.4) is 0 Å². The molecule has 0 spiro atoms. The molecule has 1 unspecified atom stereocenters. The third-order valence-corrected chi connectivity index (χ3v) is 11.9. The second kappa shape index (κ2) is 18.5. The van der Waals surface area contributed by atoms with Gasteiger partial charge in [-0.15, -0.1) is 0 Å². The quantitative estimate of drug-likeness (QED) is 0.102. The number of aromatic nitrogens is 4. The first-order valence-electron chi connectivity index (χ1n) is 21.0. The summed E-state index contributed by atoms with van der Waals surface area (Å²) in [6, 6.07) is 19.4. The number of nitro groups is 2. The Balaban J connectivity index is 0.000000185. The number of hydrogen-bond acceptors (Lipinski definition) is 12. The van der Waals surface area contributed by atoms with E-state index in [0.717, 1.165) is 37.9 Å². The lowest BCUT2D eigenvalue weighted by atomic mass is 10.1. The summed E-state index contributed by atoms with van der Waals surface area (Å²) in [5.41, 5.74) is 1.85. The molecular weight excluding hydrogens is 862 g/mol. The van der Waals surface area contributed by atoms with Gasteiger partial charge in [-0.2, -0.15) is 0 Å². The summed E-state index contributed by atoms with van der Waals surface area (Å²) in [7, 11) is 2.71. The van der Waals surface area contributed by atoms with E-state index in [1.165, 1.54) is 84.0 Å². The van der Waals surface area contributed by atoms with Gasteiger partial charge in [0.15, 0.2) is 23.1 Å². The molecule has 0 amide bonds. The molecule has 2 saturated heterocycles. The maximum atomic E-state index is 14.7. The van der Waals surface area contributed by atoms with Crippen molar-refractivity contribution in [2.45, 2.75) is 58.2 Å². The molecule has 5 aromatic carbocycles. The van der Waals surface area contributed by atoms with E-state index in [1.807, 2.05) is 0 Å². The maximum Gasteiger partial charge on any atom is 0.270 e. The van der Waals surface area contributed by atoms with Crippen molar-refractivity contribution in [2.75, 3.05) is 27.3 Å². The number of halogens is 3. The molecule has 16 nitrogen and oxygen atoms in total. The zero-order chi connectivity index (χ0) is 47.0. The normalized spacial score (nSPS) is 16.0. The van der Waals surface area contributed by atoms with Crippen molar-refractivity contribution in [3.8, 4) is 22.9 Å². The number of nitrogens with zero attached hydrogens (tertiary/aromatic N) is 7. The Morgan fingerprint density at radius 1 is 0.697 bits per heavy atom. The van der Waals surface area contributed by atoms with E-state index in [2.05, 4.69) is 10.2 Å². The van der Waals surface area contributed by atoms with Crippen LogP contribution in [-0.4, -0.2) is 61.2 Å². The number of fused-ring (bicyclic) bond motifs is 2. The predicted molar refractivity (Wildman–Crippen MR) is 239 cm³/mol. The summed E-state index contributed by atoms with van der Waals surface area (Å²) in [6.07, 6.45) is 3.25. The maximum absolute atomic E-state index is 14.7. The van der Waals surface area contributed by atoms with Crippen LogP contribution in [0, 0.1) is 51.5 Å². The molecule has 340 valence electrons. The molecule has 2 aromatic heterocycles. The van der Waals surface area contributed by atoms with Crippen molar-refractivity contribution in [1.82, 2.24) is 29.3 Å². The van der Waals surface area contributed by atoms with Crippen LogP contribution >= 0.6 is 0 Å². The van der Waals surface area contributed by atoms with Crippen molar-refractivity contribution in [2.24, 2.45) is 0 Å². The molecule has 66 heavy (non-hydrogen) atoms. The zero-order valence-corrected chi connectivity index (χ0v) is 36.2. The van der Waals surface area contributed by atoms with Gasteiger partial charge >= 0.3 is 0 Å². The Morgan fingerprint density at radius 2 is 1.21 bits per heavy atom. The van der Waals surface area contributed by atoms with Gasteiger partial charge in [-0.3, -0.25) is 43.9 Å². The highest BCUT2D eigenvalue weighted by molar-refractivity contribution is 5.85. The molecule has 1 N–H and O–H groups in total. The number of benzene rings is 5. The number of non-ortho nitro benzene ring substituents is 2. The first-order chi connectivity index (χ1) is 31.7. The Labute approximate surface area is 374 Å². The van der Waals surface area contributed by atoms with Gasteiger partial charge in [-0.1, -0.05) is 12.1 Å². The topological polar surface area (TPSA) is 190 Å². The highest BCUT2D eigenvalue weighted by Gasteiger charge is 2.32. The van der Waals surface area contributed by atoms with Gasteiger partial charge in [0.2, 0.25) is 0 Å². The summed E-state index contributed by atoms with van der Waals surface area (Å²) in [5, 5.41) is 26.2. The number of aryl methyl sites for hydroxylation is 2. The van der Waals surface area contributed by atoms with Gasteiger partial charge in [0, 0.05) is 42.9 Å². The van der Waals surface area contributed by atoms with Crippen LogP contribution in [0.4, 0.5) is 24.5 Å². The van der Waals surface area contributed by atoms with E-state index >= 15 is 0 Å². The molecular formula is C47H43F3N8O8. The van der Waals surface area contributed by atoms with Crippen LogP contribution in [0.2, 0.25) is 0 Å². The number of nitro benzene ring substituents is 2. The molecule has 2 aliphatic heterocycles. The number of ether oxygens (including phenoxy) is 2. The summed E-state index contributed by atoms with van der Waals surface area (Å²) in [4.78, 5) is 60.6. The van der Waals surface area contributed by atoms with E-state index in [-0.39, 0.29) is 62.9 Å². The summed E-state index contributed by atoms with van der Waals surface area (Å²) in [5.74, 6) is -0.627. The van der Waals surface area contributed by atoms with Crippen LogP contribution in [-0.2, 0) is 6.54 Å². The number of hydrogen-bond donors (Lipinski definition) is 1. The summed E-state index contributed by atoms with van der Waals surface area (Å²) >= 11 is 0. The zero-order valence-electron chi connectivity index (χ0n) is 36.2. The second-order valence-electron chi connectivity index (χ2n) is 16.1. The van der Waals surface area contributed by atoms with Crippen molar-refractivity contribution in [3.05, 3.63) is 172 Å². The first-order valence-corrected chi connectivity index (χ1v) is 21.0. The number of methoxy groups -OCH3 is 2. The average Bonchev–Trinajstić information content (AvgIpc) is 4.01. The van der Waals surface area contributed by atoms with Gasteiger partial charge in [0.05, 0.1) is 69.3 Å². The van der Waals surface area contributed by atoms with E-state index in [1.54, 1.807) is 38.1 Å². The first kappa shape index (κ1) is 45.1. The monoisotopic (exact) mass is 904 g/mol. The largest absolute Gasteiger partial charge is 0.494 e. The summed E-state index contributed by atoms with van der Waals surface area (Å²) < 4.78 is 55.2. The molecule has 9 rings (SSSR count). The lowest BCUT2D eigenvalue weighted by molar-refractivity contribution is -0.384. The second-order valence-corrected chi connectivity index (χ2v) is 16.1. The van der Waals surface area contributed by atoms with E-state index in [9.17, 15) is 43.0 Å². The number of nitrogens with one attached hydrogen (secondary N) is 1. The highest BCUT2D eigenvalue weighted by atomic mass is 19.1. The number of rotatable bonds is 10. The lowest BCUT2D eigenvalue weighted by Gasteiger charge is -2.27. The molecule has 0 bridgehead atoms. The minimum Gasteiger partial charge on any atom is -0.494 e. The van der Waals surface area contributed by atoms with Crippen molar-refractivity contribution >= 4 is 33.2 Å². The Kier molecular flexibility index (Phi) is 12.7. The Morgan fingerprint density at radius 3 is 1.68 bits per heavy atom. The predicted octanol–water partition coefficient (Wildman–Crippen LogP) is 8.40. The Hall–Kier alpha value is -7.51. The molecule has 2 atom stereocenters. The standard InChI is InChI=1S/C27H24F2N4O4.C20H19FN4O4/c1-16-12-20(33(35)36)13-21-25(16)30-26(32(27(21)34)19-9-10-24(37-2)22(29)14-19)23-4-3-11-31(23)15-17-5-7-18(28)8-6-17;1-11-8-13(25(27)28)9-14-18(11)23-19(16-4-3-7-22-16)24(20(14)26)12-5-6-17(29-2)15(21)10-12/h5-10,12-14,23H,3-4,11,15H2,1-2H3;5-6,8-10,16,22H,3-4,7H2,1-2H3/t;16-/m.1/s1. The van der Waals surface area contributed by atoms with Crippen LogP contribution < -0.4 is 25.9 Å². The average molecular weight is 905 g/mol. The van der Waals surface area contributed by atoms with Gasteiger partial charge in [-0.05, 0) is 106 Å².